The molecule has 0 heterocycles. The van der Waals surface area contributed by atoms with Crippen molar-refractivity contribution >= 4 is 102 Å². The molecule has 1 unspecified atom stereocenters. The van der Waals surface area contributed by atoms with Gasteiger partial charge in [-0.3, -0.25) is 0 Å². The van der Waals surface area contributed by atoms with Crippen LogP contribution in [0.15, 0.2) is 243 Å². The van der Waals surface area contributed by atoms with Gasteiger partial charge in [-0.05, 0) is 176 Å². The second-order valence-corrected chi connectivity index (χ2v) is 23.2. The van der Waals surface area contributed by atoms with Crippen LogP contribution >= 0.6 is 0 Å². The molecule has 0 saturated heterocycles. The molecule has 105 heavy (non-hydrogen) atoms. The summed E-state index contributed by atoms with van der Waals surface area (Å²) in [7, 11) is 0. The summed E-state index contributed by atoms with van der Waals surface area (Å²) in [6.07, 6.45) is -0.357. The summed E-state index contributed by atoms with van der Waals surface area (Å²) >= 11 is 0. The molecule has 544 valence electrons. The molecular weight excluding hydrogens is 1350 g/mol. The van der Waals surface area contributed by atoms with Crippen molar-refractivity contribution in [2.45, 2.75) is 47.6 Å². The van der Waals surface area contributed by atoms with E-state index in [-0.39, 0.29) is 84.6 Å². The van der Waals surface area contributed by atoms with Crippen LogP contribution in [-0.2, 0) is 62.0 Å². The fourth-order valence-corrected chi connectivity index (χ4v) is 8.93. The van der Waals surface area contributed by atoms with Gasteiger partial charge in [-0.15, -0.1) is 0 Å². The molecule has 23 heteroatoms. The van der Waals surface area contributed by atoms with Crippen LogP contribution in [0, 0.1) is 0 Å². The lowest BCUT2D eigenvalue weighted by molar-refractivity contribution is -0.150. The molecule has 0 spiro atoms. The van der Waals surface area contributed by atoms with Crippen molar-refractivity contribution in [3.8, 4) is 51.7 Å². The second-order valence-electron chi connectivity index (χ2n) is 23.2. The average molecular weight is 1430 g/mol. The van der Waals surface area contributed by atoms with Crippen LogP contribution < -0.4 is 18.9 Å². The van der Waals surface area contributed by atoms with Crippen molar-refractivity contribution in [3.63, 3.8) is 0 Å². The van der Waals surface area contributed by atoms with E-state index in [1.165, 1.54) is 20.8 Å². The number of carbonyl (C=O) groups excluding carboxylic acids is 8. The van der Waals surface area contributed by atoms with Gasteiger partial charge in [-0.25, -0.2) is 38.4 Å². The molecular formula is C82H78O23. The van der Waals surface area contributed by atoms with Gasteiger partial charge in [0.1, 0.15) is 90.9 Å². The average Bonchev–Trinajstić information content (AvgIpc) is 0.819. The van der Waals surface area contributed by atoms with Crippen LogP contribution in [0.25, 0.3) is 53.9 Å². The third-order valence-electron chi connectivity index (χ3n) is 14.1. The molecule has 0 aromatic heterocycles. The number of phenolic OH excluding ortho intramolecular Hbond substituents is 5. The summed E-state index contributed by atoms with van der Waals surface area (Å²) in [5.41, 5.74) is 1.80. The summed E-state index contributed by atoms with van der Waals surface area (Å²) in [5.74, 6) is -1.73. The van der Waals surface area contributed by atoms with E-state index in [0.29, 0.717) is 61.3 Å². The predicted molar refractivity (Wildman–Crippen MR) is 394 cm³/mol. The standard InChI is InChI=1S/C17H16O5.C17H18O4.2C16H14O5.C16H16O4/c1-11(2)16(19)21-9-10-22-17(20)14-7-3-6-13-12(14)5-4-8-15(13)18;1-11(2)17(19)21-12(3)10-20-16-7-5-13-8-15(18)6-4-14(13)9-16;1-10(2)16(19)20-9-15(18)21-14-8-4-5-11-12(14)6-3-7-13(11)17;1-10(2)16(19)20-9-15(18)21-14-6-4-11-7-13(17)5-3-12(11)8-14;1-11(2)16(18)20-8-7-19-15-6-4-12-9-14(17)5-3-13(12)10-15/h3-8,18H,1,9-10H2,2H3;4-9,12,18H,1,10H2,2-3H3;2*3-8,17H,1,9H2,2H3;3-6,9-10,17H,1,7-8H2,2H3. The quantitative estimate of drug-likeness (QED) is 0.0131. The van der Waals surface area contributed by atoms with Crippen LogP contribution in [0.3, 0.4) is 0 Å². The first-order chi connectivity index (χ1) is 50.0. The van der Waals surface area contributed by atoms with Crippen LogP contribution in [-0.4, -0.2) is 126 Å². The lowest BCUT2D eigenvalue weighted by Crippen LogP contribution is -2.22. The van der Waals surface area contributed by atoms with E-state index in [1.54, 1.807) is 154 Å². The van der Waals surface area contributed by atoms with Crippen molar-refractivity contribution in [1.82, 2.24) is 0 Å². The third kappa shape index (κ3) is 25.9. The van der Waals surface area contributed by atoms with Crippen LogP contribution in [0.4, 0.5) is 0 Å². The minimum atomic E-state index is -0.708. The maximum absolute atomic E-state index is 12.1. The number of carbonyl (C=O) groups is 8. The van der Waals surface area contributed by atoms with E-state index in [4.69, 9.17) is 47.4 Å². The minimum Gasteiger partial charge on any atom is -0.508 e. The third-order valence-corrected chi connectivity index (χ3v) is 14.1. The van der Waals surface area contributed by atoms with E-state index < -0.39 is 61.0 Å². The summed E-state index contributed by atoms with van der Waals surface area (Å²) in [6.45, 7) is 26.5. The number of aromatic hydroxyl groups is 5. The smallest absolute Gasteiger partial charge is 0.349 e. The maximum Gasteiger partial charge on any atom is 0.349 e. The molecule has 0 radical (unpaired) electrons. The Hall–Kier alpha value is -13.4. The normalized spacial score (nSPS) is 10.5. The number of hydrogen-bond acceptors (Lipinski definition) is 23. The number of benzene rings is 10. The highest BCUT2D eigenvalue weighted by atomic mass is 16.6. The van der Waals surface area contributed by atoms with Crippen LogP contribution in [0.2, 0.25) is 0 Å². The molecule has 10 aromatic carbocycles. The van der Waals surface area contributed by atoms with Crippen molar-refractivity contribution < 1.29 is 111 Å². The van der Waals surface area contributed by atoms with Crippen molar-refractivity contribution in [1.29, 1.82) is 0 Å². The highest BCUT2D eigenvalue weighted by Crippen LogP contribution is 2.33. The highest BCUT2D eigenvalue weighted by molar-refractivity contribution is 6.06. The first-order valence-corrected chi connectivity index (χ1v) is 32.1. The first-order valence-electron chi connectivity index (χ1n) is 32.1. The molecule has 0 amide bonds. The summed E-state index contributed by atoms with van der Waals surface area (Å²) in [5, 5.41) is 55.5. The van der Waals surface area contributed by atoms with Gasteiger partial charge in [0.2, 0.25) is 0 Å². The van der Waals surface area contributed by atoms with E-state index in [9.17, 15) is 63.9 Å². The number of hydrogen-bond donors (Lipinski definition) is 5. The Morgan fingerprint density at radius 2 is 0.714 bits per heavy atom. The van der Waals surface area contributed by atoms with Crippen LogP contribution in [0.1, 0.15) is 51.9 Å². The molecule has 0 fully saturated rings. The molecule has 23 nitrogen and oxygen atoms in total. The van der Waals surface area contributed by atoms with Crippen molar-refractivity contribution in [2.75, 3.05) is 46.2 Å². The van der Waals surface area contributed by atoms with Gasteiger partial charge in [0.05, 0.1) is 5.56 Å². The zero-order valence-corrected chi connectivity index (χ0v) is 58.5. The van der Waals surface area contributed by atoms with Gasteiger partial charge in [0, 0.05) is 44.0 Å². The molecule has 1 atom stereocenters. The molecule has 0 aliphatic rings. The number of rotatable bonds is 23. The SMILES string of the molecule is C=C(C)C(=O)OC(C)COc1ccc2cc(O)ccc2c1.C=C(C)C(=O)OCC(=O)Oc1ccc2cc(O)ccc2c1.C=C(C)C(=O)OCC(=O)Oc1cccc2c(O)cccc12.C=C(C)C(=O)OCCOC(=O)c1cccc2c(O)cccc12.C=C(C)C(=O)OCCOc1ccc2cc(O)ccc2c1. The Morgan fingerprint density at radius 1 is 0.352 bits per heavy atom. The lowest BCUT2D eigenvalue weighted by atomic mass is 10.0. The zero-order valence-electron chi connectivity index (χ0n) is 58.5. The molecule has 0 aliphatic carbocycles. The summed E-state index contributed by atoms with van der Waals surface area (Å²) in [6, 6.07) is 51.0. The summed E-state index contributed by atoms with van der Waals surface area (Å²) in [4.78, 5) is 91.4. The number of phenols is 5. The van der Waals surface area contributed by atoms with Gasteiger partial charge in [0.25, 0.3) is 0 Å². The van der Waals surface area contributed by atoms with Crippen LogP contribution in [0.5, 0.6) is 51.7 Å². The Balaban J connectivity index is 0.000000206. The number of esters is 8. The van der Waals surface area contributed by atoms with E-state index in [1.807, 2.05) is 48.5 Å². The van der Waals surface area contributed by atoms with E-state index in [0.717, 1.165) is 32.3 Å². The monoisotopic (exact) mass is 1430 g/mol. The van der Waals surface area contributed by atoms with Crippen molar-refractivity contribution in [3.05, 3.63) is 248 Å². The Bertz CT molecular complexity index is 4910. The van der Waals surface area contributed by atoms with Crippen molar-refractivity contribution in [2.24, 2.45) is 0 Å². The lowest BCUT2D eigenvalue weighted by Gasteiger charge is -2.14. The first kappa shape index (κ1) is 80.5. The van der Waals surface area contributed by atoms with Gasteiger partial charge < -0.3 is 72.9 Å². The molecule has 10 aromatic rings. The fourth-order valence-electron chi connectivity index (χ4n) is 8.93. The second kappa shape index (κ2) is 39.5. The Morgan fingerprint density at radius 3 is 1.20 bits per heavy atom. The molecule has 0 saturated carbocycles. The number of ether oxygens (including phenoxy) is 10. The zero-order chi connectivity index (χ0) is 76.9. The fraction of sp³-hybridized carbons (Fsp3) is 0.171. The topological polar surface area (TPSA) is 330 Å². The van der Waals surface area contributed by atoms with E-state index >= 15 is 0 Å². The van der Waals surface area contributed by atoms with Gasteiger partial charge in [-0.2, -0.15) is 0 Å². The molecule has 5 N–H and O–H groups in total. The van der Waals surface area contributed by atoms with Gasteiger partial charge >= 0.3 is 47.8 Å². The largest absolute Gasteiger partial charge is 0.508 e. The Kier molecular flexibility index (Phi) is 30.3. The predicted octanol–water partition coefficient (Wildman–Crippen LogP) is 14.4. The molecule has 0 bridgehead atoms. The van der Waals surface area contributed by atoms with Gasteiger partial charge in [0.15, 0.2) is 13.2 Å². The number of fused-ring (bicyclic) bond motifs is 5. The van der Waals surface area contributed by atoms with E-state index in [2.05, 4.69) is 32.9 Å². The maximum atomic E-state index is 12.1. The Labute approximate surface area is 604 Å². The molecule has 10 rings (SSSR count). The molecule has 0 aliphatic heterocycles. The van der Waals surface area contributed by atoms with Gasteiger partial charge in [-0.1, -0.05) is 118 Å². The highest BCUT2D eigenvalue weighted by Gasteiger charge is 2.17. The minimum absolute atomic E-state index is 0.0343. The summed E-state index contributed by atoms with van der Waals surface area (Å²) < 4.78 is 50.7.